The van der Waals surface area contributed by atoms with Crippen LogP contribution in [-0.2, 0) is 0 Å². The molecule has 20 heavy (non-hydrogen) atoms. The number of rotatable bonds is 2. The molecule has 0 fully saturated rings. The van der Waals surface area contributed by atoms with Crippen LogP contribution >= 0.6 is 0 Å². The molecule has 5 nitrogen and oxygen atoms in total. The minimum Gasteiger partial charge on any atom is -0.380 e. The monoisotopic (exact) mass is 267 g/mol. The van der Waals surface area contributed by atoms with Crippen LogP contribution in [0.5, 0.6) is 0 Å². The second-order valence-electron chi connectivity index (χ2n) is 4.52. The molecule has 3 rings (SSSR count). The van der Waals surface area contributed by atoms with Crippen molar-refractivity contribution < 1.29 is 4.52 Å². The van der Waals surface area contributed by atoms with Crippen LogP contribution < -0.4 is 11.3 Å². The van der Waals surface area contributed by atoms with Crippen LogP contribution in [0, 0.1) is 6.92 Å². The zero-order valence-electron chi connectivity index (χ0n) is 10.9. The average molecular weight is 267 g/mol. The number of H-pyrrole nitrogens is 1. The average Bonchev–Trinajstić information content (AvgIpc) is 2.81. The number of pyridine rings is 1. The van der Waals surface area contributed by atoms with Crippen LogP contribution in [0.15, 0.2) is 51.8 Å². The van der Waals surface area contributed by atoms with Crippen molar-refractivity contribution in [1.29, 1.82) is 0 Å². The van der Waals surface area contributed by atoms with Crippen molar-refractivity contribution in [2.24, 2.45) is 0 Å². The van der Waals surface area contributed by atoms with Crippen molar-refractivity contribution >= 4 is 5.82 Å². The fourth-order valence-electron chi connectivity index (χ4n) is 2.18. The Morgan fingerprint density at radius 3 is 2.70 bits per heavy atom. The van der Waals surface area contributed by atoms with Crippen LogP contribution in [0.3, 0.4) is 0 Å². The van der Waals surface area contributed by atoms with Gasteiger partial charge in [0.2, 0.25) is 5.56 Å². The number of hydrogen-bond donors (Lipinski definition) is 2. The summed E-state index contributed by atoms with van der Waals surface area (Å²) in [4.78, 5) is 14.2. The van der Waals surface area contributed by atoms with Gasteiger partial charge in [0.1, 0.15) is 0 Å². The Hall–Kier alpha value is -2.82. The fourth-order valence-corrected chi connectivity index (χ4v) is 2.18. The molecule has 5 heteroatoms. The van der Waals surface area contributed by atoms with E-state index in [1.54, 1.807) is 12.1 Å². The molecular formula is C15H13N3O2. The Kier molecular flexibility index (Phi) is 2.87. The Morgan fingerprint density at radius 2 is 1.95 bits per heavy atom. The van der Waals surface area contributed by atoms with Crippen molar-refractivity contribution in [3.8, 4) is 22.6 Å². The summed E-state index contributed by atoms with van der Waals surface area (Å²) in [7, 11) is 0. The molecule has 0 radical (unpaired) electrons. The summed E-state index contributed by atoms with van der Waals surface area (Å²) in [5.74, 6) is 0.772. The number of hydrogen-bond acceptors (Lipinski definition) is 4. The Morgan fingerprint density at radius 1 is 1.15 bits per heavy atom. The van der Waals surface area contributed by atoms with Gasteiger partial charge in [0.05, 0.1) is 11.3 Å². The van der Waals surface area contributed by atoms with Gasteiger partial charge in [0.25, 0.3) is 0 Å². The molecule has 0 bridgehead atoms. The molecule has 3 aromatic rings. The summed E-state index contributed by atoms with van der Waals surface area (Å²) < 4.78 is 5.30. The highest BCUT2D eigenvalue weighted by Gasteiger charge is 2.19. The molecule has 0 aliphatic carbocycles. The fraction of sp³-hybridized carbons (Fsp3) is 0.0667. The molecule has 0 saturated heterocycles. The maximum absolute atomic E-state index is 11.4. The van der Waals surface area contributed by atoms with E-state index in [1.165, 1.54) is 6.07 Å². The van der Waals surface area contributed by atoms with Gasteiger partial charge in [-0.2, -0.15) is 0 Å². The van der Waals surface area contributed by atoms with Gasteiger partial charge in [-0.15, -0.1) is 0 Å². The summed E-state index contributed by atoms with van der Waals surface area (Å²) in [6.45, 7) is 1.99. The topological polar surface area (TPSA) is 84.9 Å². The van der Waals surface area contributed by atoms with Crippen LogP contribution in [-0.4, -0.2) is 10.1 Å². The highest BCUT2D eigenvalue weighted by molar-refractivity contribution is 5.86. The summed E-state index contributed by atoms with van der Waals surface area (Å²) in [5, 5.41) is 3.82. The van der Waals surface area contributed by atoms with Gasteiger partial charge in [-0.3, -0.25) is 4.79 Å². The van der Waals surface area contributed by atoms with E-state index in [9.17, 15) is 4.79 Å². The maximum atomic E-state index is 11.4. The number of benzene rings is 1. The highest BCUT2D eigenvalue weighted by Crippen LogP contribution is 2.36. The molecule has 0 saturated carbocycles. The number of nitrogen functional groups attached to an aromatic ring is 1. The molecule has 100 valence electrons. The third-order valence-corrected chi connectivity index (χ3v) is 3.15. The van der Waals surface area contributed by atoms with Gasteiger partial charge in [0, 0.05) is 6.07 Å². The van der Waals surface area contributed by atoms with Gasteiger partial charge in [-0.05, 0) is 24.1 Å². The van der Waals surface area contributed by atoms with Gasteiger partial charge >= 0.3 is 0 Å². The number of nitrogens with zero attached hydrogens (tertiary/aromatic N) is 1. The Balaban J connectivity index is 2.26. The van der Waals surface area contributed by atoms with E-state index in [-0.39, 0.29) is 5.56 Å². The predicted molar refractivity (Wildman–Crippen MR) is 77.1 cm³/mol. The first-order chi connectivity index (χ1) is 9.66. The van der Waals surface area contributed by atoms with Crippen molar-refractivity contribution in [3.63, 3.8) is 0 Å². The normalized spacial score (nSPS) is 10.7. The summed E-state index contributed by atoms with van der Waals surface area (Å²) in [6.07, 6.45) is 0. The first-order valence-electron chi connectivity index (χ1n) is 6.17. The molecule has 2 heterocycles. The molecule has 2 aromatic heterocycles. The smallest absolute Gasteiger partial charge is 0.248 e. The van der Waals surface area contributed by atoms with E-state index in [2.05, 4.69) is 10.1 Å². The van der Waals surface area contributed by atoms with Crippen molar-refractivity contribution in [1.82, 2.24) is 10.1 Å². The molecule has 0 atom stereocenters. The SMILES string of the molecule is Cc1ccccc1-c1c(N)noc1-c1cccc(=O)[nH]1. The van der Waals surface area contributed by atoms with Crippen LogP contribution in [0.4, 0.5) is 5.82 Å². The predicted octanol–water partition coefficient (Wildman–Crippen LogP) is 2.59. The number of aryl methyl sites for hydroxylation is 1. The van der Waals surface area contributed by atoms with Crippen LogP contribution in [0.2, 0.25) is 0 Å². The number of nitrogens with one attached hydrogen (secondary N) is 1. The van der Waals surface area contributed by atoms with Gasteiger partial charge < -0.3 is 15.2 Å². The molecule has 0 unspecified atom stereocenters. The molecule has 0 aliphatic rings. The third kappa shape index (κ3) is 1.99. The van der Waals surface area contributed by atoms with E-state index in [0.717, 1.165) is 11.1 Å². The first-order valence-corrected chi connectivity index (χ1v) is 6.17. The molecule has 3 N–H and O–H groups in total. The molecule has 0 spiro atoms. The lowest BCUT2D eigenvalue weighted by atomic mass is 9.99. The number of anilines is 1. The lowest BCUT2D eigenvalue weighted by molar-refractivity contribution is 0.434. The minimum absolute atomic E-state index is 0.201. The van der Waals surface area contributed by atoms with Crippen molar-refractivity contribution in [2.45, 2.75) is 6.92 Å². The lowest BCUT2D eigenvalue weighted by Crippen LogP contribution is -2.03. The number of nitrogens with two attached hydrogens (primary N) is 1. The zero-order valence-corrected chi connectivity index (χ0v) is 10.9. The standard InChI is InChI=1S/C15H13N3O2/c1-9-5-2-3-6-10(9)13-14(20-18-15(13)16)11-7-4-8-12(19)17-11/h2-8H,1H3,(H2,16,18)(H,17,19). The largest absolute Gasteiger partial charge is 0.380 e. The second kappa shape index (κ2) is 4.70. The highest BCUT2D eigenvalue weighted by atomic mass is 16.5. The summed E-state index contributed by atoms with van der Waals surface area (Å²) in [5.41, 5.74) is 8.97. The van der Waals surface area contributed by atoms with Crippen molar-refractivity contribution in [3.05, 3.63) is 58.4 Å². The zero-order chi connectivity index (χ0) is 14.1. The van der Waals surface area contributed by atoms with Gasteiger partial charge in [-0.1, -0.05) is 35.5 Å². The Bertz CT molecular complexity index is 818. The molecule has 0 amide bonds. The van der Waals surface area contributed by atoms with Gasteiger partial charge in [0.15, 0.2) is 11.6 Å². The van der Waals surface area contributed by atoms with Crippen molar-refractivity contribution in [2.75, 3.05) is 5.73 Å². The maximum Gasteiger partial charge on any atom is 0.248 e. The molecular weight excluding hydrogens is 254 g/mol. The second-order valence-corrected chi connectivity index (χ2v) is 4.52. The third-order valence-electron chi connectivity index (χ3n) is 3.15. The first kappa shape index (κ1) is 12.2. The quantitative estimate of drug-likeness (QED) is 0.747. The number of aromatic amines is 1. The van der Waals surface area contributed by atoms with E-state index >= 15 is 0 Å². The van der Waals surface area contributed by atoms with E-state index in [1.807, 2.05) is 31.2 Å². The summed E-state index contributed by atoms with van der Waals surface area (Å²) >= 11 is 0. The van der Waals surface area contributed by atoms with E-state index in [4.69, 9.17) is 10.3 Å². The molecule has 0 aliphatic heterocycles. The molecule has 1 aromatic carbocycles. The van der Waals surface area contributed by atoms with Gasteiger partial charge in [-0.25, -0.2) is 0 Å². The van der Waals surface area contributed by atoms with E-state index < -0.39 is 0 Å². The summed E-state index contributed by atoms with van der Waals surface area (Å²) in [6, 6.07) is 12.7. The van der Waals surface area contributed by atoms with Crippen LogP contribution in [0.25, 0.3) is 22.6 Å². The lowest BCUT2D eigenvalue weighted by Gasteiger charge is -2.05. The van der Waals surface area contributed by atoms with Crippen LogP contribution in [0.1, 0.15) is 5.56 Å². The minimum atomic E-state index is -0.201. The number of aromatic nitrogens is 2. The van der Waals surface area contributed by atoms with E-state index in [0.29, 0.717) is 22.8 Å². The Labute approximate surface area is 115 Å².